The van der Waals surface area contributed by atoms with E-state index in [-0.39, 0.29) is 0 Å². The van der Waals surface area contributed by atoms with E-state index in [0.717, 1.165) is 15.9 Å². The zero-order valence-corrected chi connectivity index (χ0v) is 16.6. The predicted octanol–water partition coefficient (Wildman–Crippen LogP) is 2.88. The highest BCUT2D eigenvalue weighted by Gasteiger charge is 2.55. The summed E-state index contributed by atoms with van der Waals surface area (Å²) in [4.78, 5) is -0.604. The molecule has 3 aromatic rings. The Morgan fingerprint density at radius 3 is 1.27 bits per heavy atom. The maximum absolute atomic E-state index is 13.0. The van der Waals surface area contributed by atoms with Gasteiger partial charge in [0, 0.05) is 0 Å². The van der Waals surface area contributed by atoms with E-state index in [2.05, 4.69) is 41.1 Å². The molecule has 0 saturated heterocycles. The lowest BCUT2D eigenvalue weighted by molar-refractivity contribution is 0.586. The fourth-order valence-corrected chi connectivity index (χ4v) is 10.9. The van der Waals surface area contributed by atoms with Crippen LogP contribution in [0.4, 0.5) is 0 Å². The summed E-state index contributed by atoms with van der Waals surface area (Å²) in [5.74, 6) is 0. The summed E-state index contributed by atoms with van der Waals surface area (Å²) in [5.41, 5.74) is 0. The molecule has 3 rings (SSSR count). The summed E-state index contributed by atoms with van der Waals surface area (Å²) in [6, 6.07) is 30.1. The van der Waals surface area contributed by atoms with E-state index in [0.29, 0.717) is 0 Å². The Morgan fingerprint density at radius 2 is 1.00 bits per heavy atom. The van der Waals surface area contributed by atoms with Crippen molar-refractivity contribution in [1.82, 2.24) is 4.72 Å². The van der Waals surface area contributed by atoms with E-state index >= 15 is 0 Å². The minimum Gasteiger partial charge on any atom is -0.215 e. The lowest BCUT2D eigenvalue weighted by Crippen LogP contribution is -2.44. The van der Waals surface area contributed by atoms with Crippen molar-refractivity contribution in [3.8, 4) is 0 Å². The molecule has 0 aliphatic carbocycles. The van der Waals surface area contributed by atoms with E-state index in [9.17, 15) is 8.42 Å². The van der Waals surface area contributed by atoms with Crippen molar-refractivity contribution >= 4 is 33.2 Å². The number of rotatable bonds is 6. The summed E-state index contributed by atoms with van der Waals surface area (Å²) >= 11 is 0. The minimum absolute atomic E-state index is 0.604. The molecule has 0 radical (unpaired) electrons. The molecule has 0 bridgehead atoms. The number of benzene rings is 3. The number of nitrogens with one attached hydrogen (secondary N) is 1. The maximum Gasteiger partial charge on any atom is 0.249 e. The van der Waals surface area contributed by atoms with Gasteiger partial charge in [-0.25, -0.2) is 13.1 Å². The second-order valence-electron chi connectivity index (χ2n) is 6.08. The van der Waals surface area contributed by atoms with Gasteiger partial charge in [0.15, 0.2) is 4.99 Å². The van der Waals surface area contributed by atoms with Crippen LogP contribution in [-0.4, -0.2) is 20.5 Å². The molecule has 0 amide bonds. The van der Waals surface area contributed by atoms with Crippen molar-refractivity contribution in [3.63, 3.8) is 0 Å². The molecule has 134 valence electrons. The zero-order chi connectivity index (χ0) is 18.6. The van der Waals surface area contributed by atoms with Crippen molar-refractivity contribution in [2.24, 2.45) is 0 Å². The molecule has 3 nitrogen and oxygen atoms in total. The summed E-state index contributed by atoms with van der Waals surface area (Å²) < 4.78 is 28.5. The summed E-state index contributed by atoms with van der Waals surface area (Å²) in [7, 11) is -4.45. The van der Waals surface area contributed by atoms with Crippen LogP contribution in [-0.2, 0) is 10.0 Å². The lowest BCUT2D eigenvalue weighted by atomic mass is 10.4. The predicted molar refractivity (Wildman–Crippen MR) is 113 cm³/mol. The van der Waals surface area contributed by atoms with Crippen LogP contribution in [0.3, 0.4) is 0 Å². The largest absolute Gasteiger partial charge is 0.249 e. The van der Waals surface area contributed by atoms with Crippen LogP contribution in [0.15, 0.2) is 91.0 Å². The van der Waals surface area contributed by atoms with E-state index < -0.39 is 22.3 Å². The lowest BCUT2D eigenvalue weighted by Gasteiger charge is -2.32. The first-order valence-corrected chi connectivity index (χ1v) is 11.9. The Labute approximate surface area is 156 Å². The van der Waals surface area contributed by atoms with Gasteiger partial charge in [-0.1, -0.05) is 54.6 Å². The van der Waals surface area contributed by atoms with Crippen LogP contribution in [0.2, 0.25) is 0 Å². The third-order valence-corrected chi connectivity index (χ3v) is 12.4. The quantitative estimate of drug-likeness (QED) is 0.665. The summed E-state index contributed by atoms with van der Waals surface area (Å²) in [5, 5.41) is 3.18. The van der Waals surface area contributed by atoms with Crippen molar-refractivity contribution in [2.75, 3.05) is 7.05 Å². The summed E-state index contributed by atoms with van der Waals surface area (Å²) in [6.45, 7) is 1.83. The molecule has 0 fully saturated rings. The van der Waals surface area contributed by atoms with E-state index in [4.69, 9.17) is 0 Å². The molecule has 0 aliphatic heterocycles. The number of hydrogen-bond acceptors (Lipinski definition) is 2. The first kappa shape index (κ1) is 18.8. The molecular weight excluding hydrogens is 361 g/mol. The fourth-order valence-electron chi connectivity index (χ4n) is 3.45. The SMILES string of the molecule is CNS(=O)(=O)C(C)[P+](c1ccccc1)(c1ccccc1)c1ccccc1. The van der Waals surface area contributed by atoms with E-state index in [1.165, 1.54) is 7.05 Å². The Morgan fingerprint density at radius 1 is 0.692 bits per heavy atom. The van der Waals surface area contributed by atoms with Gasteiger partial charge < -0.3 is 0 Å². The van der Waals surface area contributed by atoms with Crippen molar-refractivity contribution in [1.29, 1.82) is 0 Å². The molecular formula is C21H23NO2PS+. The Bertz CT molecular complexity index is 848. The van der Waals surface area contributed by atoms with Crippen LogP contribution < -0.4 is 20.6 Å². The molecule has 0 spiro atoms. The maximum atomic E-state index is 13.0. The third kappa shape index (κ3) is 3.21. The Hall–Kier alpha value is -2.00. The monoisotopic (exact) mass is 384 g/mol. The van der Waals surface area contributed by atoms with Gasteiger partial charge in [-0.2, -0.15) is 0 Å². The van der Waals surface area contributed by atoms with Crippen LogP contribution >= 0.6 is 7.26 Å². The van der Waals surface area contributed by atoms with Gasteiger partial charge in [0.05, 0.1) is 0 Å². The van der Waals surface area contributed by atoms with Crippen LogP contribution in [0, 0.1) is 0 Å². The van der Waals surface area contributed by atoms with Crippen molar-refractivity contribution in [2.45, 2.75) is 11.9 Å². The molecule has 1 unspecified atom stereocenters. The molecule has 0 aromatic heterocycles. The number of sulfonamides is 1. The second-order valence-corrected chi connectivity index (χ2v) is 12.4. The first-order chi connectivity index (χ1) is 12.5. The molecule has 26 heavy (non-hydrogen) atoms. The average molecular weight is 384 g/mol. The molecule has 5 heteroatoms. The van der Waals surface area contributed by atoms with Gasteiger partial charge in [0.25, 0.3) is 0 Å². The van der Waals surface area contributed by atoms with Crippen LogP contribution in [0.25, 0.3) is 0 Å². The molecule has 0 aliphatic rings. The van der Waals surface area contributed by atoms with Crippen LogP contribution in [0.1, 0.15) is 6.92 Å². The highest BCUT2D eigenvalue weighted by atomic mass is 32.2. The molecule has 1 atom stereocenters. The topological polar surface area (TPSA) is 46.2 Å². The van der Waals surface area contributed by atoms with E-state index in [1.54, 1.807) is 0 Å². The standard InChI is InChI=1S/C21H23NO2PS/c1-18(26(23,24)22-2)25(19-12-6-3-7-13-19,20-14-8-4-9-15-20)21-16-10-5-11-17-21/h3-18,22H,1-2H3/q+1. The second kappa shape index (κ2) is 7.71. The highest BCUT2D eigenvalue weighted by Crippen LogP contribution is 2.60. The third-order valence-electron chi connectivity index (χ3n) is 4.77. The summed E-state index contributed by atoms with van der Waals surface area (Å²) in [6.07, 6.45) is 0. The van der Waals surface area contributed by atoms with Gasteiger partial charge >= 0.3 is 0 Å². The highest BCUT2D eigenvalue weighted by molar-refractivity contribution is 8.09. The zero-order valence-electron chi connectivity index (χ0n) is 14.9. The molecule has 3 aromatic carbocycles. The Balaban J connectivity index is 2.44. The smallest absolute Gasteiger partial charge is 0.215 e. The fraction of sp³-hybridized carbons (Fsp3) is 0.143. The van der Waals surface area contributed by atoms with Crippen LogP contribution in [0.5, 0.6) is 0 Å². The molecule has 1 N–H and O–H groups in total. The first-order valence-electron chi connectivity index (χ1n) is 8.51. The van der Waals surface area contributed by atoms with Crippen molar-refractivity contribution in [3.05, 3.63) is 91.0 Å². The van der Waals surface area contributed by atoms with Gasteiger partial charge in [-0.15, -0.1) is 0 Å². The van der Waals surface area contributed by atoms with Gasteiger partial charge in [-0.3, -0.25) is 0 Å². The van der Waals surface area contributed by atoms with Gasteiger partial charge in [-0.05, 0) is 50.4 Å². The minimum atomic E-state index is -3.50. The molecule has 0 heterocycles. The van der Waals surface area contributed by atoms with Gasteiger partial charge in [0.1, 0.15) is 23.2 Å². The van der Waals surface area contributed by atoms with Gasteiger partial charge in [0.2, 0.25) is 10.0 Å². The number of hydrogen-bond donors (Lipinski definition) is 1. The molecule has 0 saturated carbocycles. The average Bonchev–Trinajstić information content (AvgIpc) is 2.71. The van der Waals surface area contributed by atoms with Crippen molar-refractivity contribution < 1.29 is 8.42 Å². The normalized spacial score (nSPS) is 13.3. The van der Waals surface area contributed by atoms with E-state index in [1.807, 2.05) is 61.5 Å². The Kier molecular flexibility index (Phi) is 5.57.